The molecule has 1 unspecified atom stereocenters. The first-order chi connectivity index (χ1) is 14.5. The zero-order chi connectivity index (χ0) is 23.6. The summed E-state index contributed by atoms with van der Waals surface area (Å²) in [6.07, 6.45) is -2.14. The van der Waals surface area contributed by atoms with Gasteiger partial charge in [-0.05, 0) is 63.8 Å². The summed E-state index contributed by atoms with van der Waals surface area (Å²) < 4.78 is 10.9. The Bertz CT molecular complexity index is 726. The van der Waals surface area contributed by atoms with Crippen molar-refractivity contribution in [2.45, 2.75) is 57.3 Å². The molecule has 1 heterocycles. The van der Waals surface area contributed by atoms with Gasteiger partial charge in [-0.25, -0.2) is 14.4 Å². The molecule has 1 aromatic rings. The molecular weight excluding hydrogens is 410 g/mol. The fourth-order valence-electron chi connectivity index (χ4n) is 2.88. The average Bonchev–Trinajstić information content (AvgIpc) is 2.73. The molecule has 0 saturated carbocycles. The fraction of sp³-hybridized carbons (Fsp3) is 0.571. The maximum absolute atomic E-state index is 11.9. The molecule has 10 heteroatoms. The predicted octanol–water partition coefficient (Wildman–Crippen LogP) is 0.751. The van der Waals surface area contributed by atoms with Crippen molar-refractivity contribution in [2.75, 3.05) is 19.7 Å². The van der Waals surface area contributed by atoms with E-state index in [4.69, 9.17) is 29.9 Å². The molecule has 0 bridgehead atoms. The number of carbonyl (C=O) groups is 3. The Morgan fingerprint density at radius 1 is 1.16 bits per heavy atom. The van der Waals surface area contributed by atoms with E-state index in [9.17, 15) is 14.4 Å². The molecule has 5 N–H and O–H groups in total. The number of nitrogens with one attached hydrogen (secondary N) is 1. The minimum Gasteiger partial charge on any atom is -0.479 e. The summed E-state index contributed by atoms with van der Waals surface area (Å²) in [5.74, 6) is -2.64. The zero-order valence-electron chi connectivity index (χ0n) is 17.9. The third kappa shape index (κ3) is 8.52. The summed E-state index contributed by atoms with van der Waals surface area (Å²) in [5.41, 5.74) is 0.291. The van der Waals surface area contributed by atoms with E-state index in [0.29, 0.717) is 12.5 Å². The van der Waals surface area contributed by atoms with Gasteiger partial charge in [-0.3, -0.25) is 0 Å². The van der Waals surface area contributed by atoms with Gasteiger partial charge in [-0.2, -0.15) is 0 Å². The Morgan fingerprint density at radius 3 is 2.26 bits per heavy atom. The normalized spacial score (nSPS) is 18.0. The molecule has 31 heavy (non-hydrogen) atoms. The van der Waals surface area contributed by atoms with E-state index in [-0.39, 0.29) is 5.97 Å². The topological polar surface area (TPSA) is 163 Å². The number of aliphatic carboxylic acids is 2. The fourth-order valence-corrected chi connectivity index (χ4v) is 2.88. The van der Waals surface area contributed by atoms with Crippen molar-refractivity contribution >= 4 is 17.9 Å². The predicted molar refractivity (Wildman–Crippen MR) is 110 cm³/mol. The number of aliphatic hydroxyl groups is 2. The van der Waals surface area contributed by atoms with Gasteiger partial charge in [0.25, 0.3) is 0 Å². The molecule has 10 nitrogen and oxygen atoms in total. The third-order valence-electron chi connectivity index (χ3n) is 4.57. The minimum absolute atomic E-state index is 0.338. The summed E-state index contributed by atoms with van der Waals surface area (Å²) in [4.78, 5) is 31.4. The molecule has 174 valence electrons. The van der Waals surface area contributed by atoms with Gasteiger partial charge in [-0.15, -0.1) is 0 Å². The van der Waals surface area contributed by atoms with E-state index in [0.717, 1.165) is 18.8 Å². The molecule has 1 aliphatic rings. The lowest BCUT2D eigenvalue weighted by atomic mass is 9.91. The summed E-state index contributed by atoms with van der Waals surface area (Å²) in [5, 5.41) is 35.9. The van der Waals surface area contributed by atoms with Gasteiger partial charge in [0.2, 0.25) is 0 Å². The number of carboxylic acid groups (broad SMARTS) is 2. The van der Waals surface area contributed by atoms with Crippen molar-refractivity contribution in [1.29, 1.82) is 0 Å². The first-order valence-electron chi connectivity index (χ1n) is 9.98. The van der Waals surface area contributed by atoms with E-state index in [1.165, 1.54) is 18.4 Å². The minimum atomic E-state index is -2.27. The van der Waals surface area contributed by atoms with Crippen molar-refractivity contribution in [3.63, 3.8) is 0 Å². The van der Waals surface area contributed by atoms with Crippen molar-refractivity contribution in [3.05, 3.63) is 29.8 Å². The van der Waals surface area contributed by atoms with Crippen LogP contribution in [0, 0.1) is 0 Å². The number of rotatable bonds is 8. The van der Waals surface area contributed by atoms with Crippen LogP contribution < -0.4 is 10.1 Å². The highest BCUT2D eigenvalue weighted by atomic mass is 16.6. The zero-order valence-corrected chi connectivity index (χ0v) is 17.9. The van der Waals surface area contributed by atoms with E-state index in [1.54, 1.807) is 20.8 Å². The molecule has 0 aliphatic carbocycles. The molecule has 0 amide bonds. The smallest absolute Gasteiger partial charge is 0.349 e. The molecule has 0 radical (unpaired) electrons. The Hall–Kier alpha value is -2.69. The van der Waals surface area contributed by atoms with Crippen LogP contribution in [0.25, 0.3) is 0 Å². The average molecular weight is 441 g/mol. The summed E-state index contributed by atoms with van der Waals surface area (Å²) in [6, 6.07) is 8.04. The quantitative estimate of drug-likeness (QED) is 0.364. The van der Waals surface area contributed by atoms with E-state index < -0.39 is 29.7 Å². The van der Waals surface area contributed by atoms with Crippen LogP contribution in [0.4, 0.5) is 0 Å². The highest BCUT2D eigenvalue weighted by Gasteiger charge is 2.32. The van der Waals surface area contributed by atoms with Gasteiger partial charge in [0.1, 0.15) is 5.75 Å². The van der Waals surface area contributed by atoms with Crippen LogP contribution in [0.5, 0.6) is 5.75 Å². The first-order valence-corrected chi connectivity index (χ1v) is 9.98. The number of carbonyl (C=O) groups excluding carboxylic acids is 1. The molecule has 1 aromatic carbocycles. The van der Waals surface area contributed by atoms with Crippen LogP contribution in [-0.4, -0.2) is 75.8 Å². The number of aliphatic hydroxyl groups excluding tert-OH is 2. The van der Waals surface area contributed by atoms with Gasteiger partial charge in [0, 0.05) is 6.54 Å². The van der Waals surface area contributed by atoms with Crippen molar-refractivity contribution < 1.29 is 44.3 Å². The molecule has 3 atom stereocenters. The van der Waals surface area contributed by atoms with Crippen LogP contribution >= 0.6 is 0 Å². The second-order valence-electron chi connectivity index (χ2n) is 7.51. The highest BCUT2D eigenvalue weighted by molar-refractivity contribution is 5.83. The molecular formula is C21H31NO9. The largest absolute Gasteiger partial charge is 0.479 e. The van der Waals surface area contributed by atoms with Crippen LogP contribution in [0.15, 0.2) is 24.3 Å². The molecule has 2 rings (SSSR count). The van der Waals surface area contributed by atoms with Crippen molar-refractivity contribution in [1.82, 2.24) is 5.32 Å². The Morgan fingerprint density at radius 2 is 1.77 bits per heavy atom. The van der Waals surface area contributed by atoms with Gasteiger partial charge in [0.05, 0.1) is 6.61 Å². The lowest BCUT2D eigenvalue weighted by Gasteiger charge is -2.26. The number of piperidine rings is 1. The number of hydrogen-bond acceptors (Lipinski definition) is 8. The first kappa shape index (κ1) is 26.3. The van der Waals surface area contributed by atoms with Crippen molar-refractivity contribution in [3.8, 4) is 5.75 Å². The summed E-state index contributed by atoms with van der Waals surface area (Å²) in [6.45, 7) is 7.73. The maximum Gasteiger partial charge on any atom is 0.349 e. The lowest BCUT2D eigenvalue weighted by molar-refractivity contribution is -0.165. The van der Waals surface area contributed by atoms with Crippen LogP contribution in [0.1, 0.15) is 45.1 Å². The van der Waals surface area contributed by atoms with E-state index in [1.807, 2.05) is 18.2 Å². The molecule has 0 spiro atoms. The molecule has 0 aromatic heterocycles. The number of esters is 1. The summed E-state index contributed by atoms with van der Waals surface area (Å²) in [7, 11) is 0. The third-order valence-corrected chi connectivity index (χ3v) is 4.57. The second kappa shape index (κ2) is 12.2. The number of hydrogen-bond donors (Lipinski definition) is 5. The number of benzene rings is 1. The maximum atomic E-state index is 11.9. The van der Waals surface area contributed by atoms with Crippen molar-refractivity contribution in [2.24, 2.45) is 0 Å². The van der Waals surface area contributed by atoms with Gasteiger partial charge in [-0.1, -0.05) is 12.1 Å². The molecule has 1 fully saturated rings. The number of carboxylic acids is 2. The van der Waals surface area contributed by atoms with E-state index >= 15 is 0 Å². The summed E-state index contributed by atoms with van der Waals surface area (Å²) >= 11 is 0. The van der Waals surface area contributed by atoms with Gasteiger partial charge in [0.15, 0.2) is 17.8 Å². The molecule has 1 aliphatic heterocycles. The monoisotopic (exact) mass is 441 g/mol. The Kier molecular flexibility index (Phi) is 10.4. The second-order valence-corrected chi connectivity index (χ2v) is 7.51. The lowest BCUT2D eigenvalue weighted by Crippen LogP contribution is -2.39. The van der Waals surface area contributed by atoms with Crippen LogP contribution in [0.3, 0.4) is 0 Å². The SMILES string of the molecule is CCOC(=O)C(C)(C)Oc1cccc(C2CCCNC2)c1.O=C(O)[C@H](O)[C@@H](O)C(=O)O. The Labute approximate surface area is 180 Å². The number of ether oxygens (including phenoxy) is 2. The Balaban J connectivity index is 0.000000407. The van der Waals surface area contributed by atoms with Gasteiger partial charge < -0.3 is 35.2 Å². The molecule has 1 saturated heterocycles. The van der Waals surface area contributed by atoms with Crippen LogP contribution in [-0.2, 0) is 19.1 Å². The van der Waals surface area contributed by atoms with Gasteiger partial charge >= 0.3 is 17.9 Å². The highest BCUT2D eigenvalue weighted by Crippen LogP contribution is 2.28. The standard InChI is InChI=1S/C17H25NO3.C4H6O6/c1-4-20-16(19)17(2,3)21-15-9-5-7-13(11-15)14-8-6-10-18-12-14;5-1(3(7)8)2(6)4(9)10/h5,7,9,11,14,18H,4,6,8,10,12H2,1-3H3;1-2,5-6H,(H,7,8)(H,9,10)/t;1-,2-/m.1/s1. The van der Waals surface area contributed by atoms with Crippen LogP contribution in [0.2, 0.25) is 0 Å². The van der Waals surface area contributed by atoms with E-state index in [2.05, 4.69) is 11.4 Å².